The zero-order chi connectivity index (χ0) is 29.5. The van der Waals surface area contributed by atoms with E-state index in [0.717, 1.165) is 0 Å². The quantitative estimate of drug-likeness (QED) is 0.138. The van der Waals surface area contributed by atoms with E-state index in [-0.39, 0.29) is 41.2 Å². The highest BCUT2D eigenvalue weighted by molar-refractivity contribution is 5.98. The van der Waals surface area contributed by atoms with Crippen LogP contribution in [0.2, 0.25) is 0 Å². The van der Waals surface area contributed by atoms with Gasteiger partial charge in [-0.15, -0.1) is 0 Å². The second-order valence-corrected chi connectivity index (χ2v) is 8.99. The maximum Gasteiger partial charge on any atom is 0.345 e. The Bertz CT molecular complexity index is 1660. The minimum atomic E-state index is -1.41. The number of benzene rings is 2. The number of nitrogens with zero attached hydrogens (tertiary/aromatic N) is 3. The summed E-state index contributed by atoms with van der Waals surface area (Å²) < 4.78 is 4.84. The Morgan fingerprint density at radius 2 is 1.73 bits per heavy atom. The Morgan fingerprint density at radius 1 is 1.02 bits per heavy atom. The molecule has 14 heteroatoms. The number of esters is 2. The number of carbonyl (C=O) groups is 4. The highest BCUT2D eigenvalue weighted by atomic mass is 16.6. The Labute approximate surface area is 232 Å². The average Bonchev–Trinajstić information content (AvgIpc) is 2.96. The normalized spacial score (nSPS) is 12.2. The molecule has 1 amide bonds. The maximum absolute atomic E-state index is 12.7. The first kappa shape index (κ1) is 28.4. The standard InChI is InChI=1S/C27H25N7O7/c1-14(25(39)41-26(40)16-5-3-2-4-6-16)11-19(24(37)38)32-22(35)15-7-9-17(10-8-15)29-12-18-13-30-21-20(31-18)23(36)34-27(28)33-21/h2-10,13-14,19,29H,11-12H2,1H3,(H,32,35)(H,37,38)(H3,28,30,33,34,36)/t14-,19+/m1/s1. The van der Waals surface area contributed by atoms with Gasteiger partial charge >= 0.3 is 17.9 Å². The van der Waals surface area contributed by atoms with E-state index in [0.29, 0.717) is 11.4 Å². The van der Waals surface area contributed by atoms with Gasteiger partial charge in [-0.25, -0.2) is 19.6 Å². The van der Waals surface area contributed by atoms with Gasteiger partial charge in [0.1, 0.15) is 6.04 Å². The van der Waals surface area contributed by atoms with Gasteiger partial charge in [0, 0.05) is 11.3 Å². The van der Waals surface area contributed by atoms with Crippen molar-refractivity contribution in [1.82, 2.24) is 25.3 Å². The van der Waals surface area contributed by atoms with E-state index in [4.69, 9.17) is 10.5 Å². The first-order valence-corrected chi connectivity index (χ1v) is 12.3. The number of rotatable bonds is 10. The van der Waals surface area contributed by atoms with Crippen LogP contribution in [0.15, 0.2) is 65.6 Å². The second kappa shape index (κ2) is 12.5. The molecule has 0 bridgehead atoms. The lowest BCUT2D eigenvalue weighted by Crippen LogP contribution is -2.42. The lowest BCUT2D eigenvalue weighted by atomic mass is 10.0. The molecule has 2 aromatic heterocycles. The lowest BCUT2D eigenvalue weighted by Gasteiger charge is -2.18. The molecule has 6 N–H and O–H groups in total. The molecule has 2 atom stereocenters. The zero-order valence-corrected chi connectivity index (χ0v) is 21.7. The topological polar surface area (TPSA) is 219 Å². The van der Waals surface area contributed by atoms with Gasteiger partial charge in [-0.1, -0.05) is 25.1 Å². The number of nitrogens with two attached hydrogens (primary N) is 1. The second-order valence-electron chi connectivity index (χ2n) is 8.99. The minimum Gasteiger partial charge on any atom is -0.480 e. The molecule has 4 rings (SSSR count). The van der Waals surface area contributed by atoms with Crippen LogP contribution in [0.3, 0.4) is 0 Å². The predicted octanol–water partition coefficient (Wildman–Crippen LogP) is 1.50. The van der Waals surface area contributed by atoms with E-state index in [2.05, 4.69) is 30.6 Å². The van der Waals surface area contributed by atoms with Crippen molar-refractivity contribution < 1.29 is 29.0 Å². The molecule has 0 radical (unpaired) electrons. The summed E-state index contributed by atoms with van der Waals surface area (Å²) in [5, 5.41) is 15.1. The number of fused-ring (bicyclic) bond motifs is 1. The van der Waals surface area contributed by atoms with Crippen molar-refractivity contribution in [2.45, 2.75) is 25.9 Å². The SMILES string of the molecule is C[C@H](C[C@H](NC(=O)c1ccc(NCc2cnc3nc(N)[nH]c(=O)c3n2)cc1)C(=O)O)C(=O)OC(=O)c1ccccc1. The van der Waals surface area contributed by atoms with Gasteiger partial charge in [0.15, 0.2) is 11.2 Å². The summed E-state index contributed by atoms with van der Waals surface area (Å²) in [6.07, 6.45) is 1.16. The number of ether oxygens (including phenoxy) is 1. The summed E-state index contributed by atoms with van der Waals surface area (Å²) in [4.78, 5) is 75.6. The van der Waals surface area contributed by atoms with Crippen molar-refractivity contribution in [2.75, 3.05) is 11.1 Å². The molecule has 0 unspecified atom stereocenters. The first-order chi connectivity index (χ1) is 19.6. The summed E-state index contributed by atoms with van der Waals surface area (Å²) in [5.74, 6) is -4.83. The van der Waals surface area contributed by atoms with Gasteiger partial charge in [0.05, 0.1) is 29.9 Å². The number of aromatic nitrogens is 4. The molecule has 0 fully saturated rings. The number of nitrogens with one attached hydrogen (secondary N) is 3. The summed E-state index contributed by atoms with van der Waals surface area (Å²) >= 11 is 0. The Hall–Kier alpha value is -5.66. The minimum absolute atomic E-state index is 0.0453. The summed E-state index contributed by atoms with van der Waals surface area (Å²) in [7, 11) is 0. The molecule has 2 heterocycles. The molecule has 0 spiro atoms. The van der Waals surface area contributed by atoms with Crippen LogP contribution >= 0.6 is 0 Å². The number of aliphatic carboxylic acids is 1. The van der Waals surface area contributed by atoms with E-state index >= 15 is 0 Å². The third-order valence-electron chi connectivity index (χ3n) is 5.90. The summed E-state index contributed by atoms with van der Waals surface area (Å²) in [6.45, 7) is 1.62. The third-order valence-corrected chi connectivity index (χ3v) is 5.90. The summed E-state index contributed by atoms with van der Waals surface area (Å²) in [5.41, 5.74) is 6.59. The van der Waals surface area contributed by atoms with E-state index in [1.807, 2.05) is 0 Å². The fourth-order valence-electron chi connectivity index (χ4n) is 3.73. The van der Waals surface area contributed by atoms with Crippen LogP contribution < -0.4 is 21.9 Å². The molecule has 2 aromatic carbocycles. The lowest BCUT2D eigenvalue weighted by molar-refractivity contribution is -0.144. The first-order valence-electron chi connectivity index (χ1n) is 12.3. The molecule has 0 aliphatic rings. The maximum atomic E-state index is 12.7. The van der Waals surface area contributed by atoms with Gasteiger partial charge in [-0.3, -0.25) is 19.4 Å². The van der Waals surface area contributed by atoms with Gasteiger partial charge in [-0.2, -0.15) is 4.98 Å². The van der Waals surface area contributed by atoms with Crippen LogP contribution in [0.5, 0.6) is 0 Å². The number of carboxylic acids is 1. The van der Waals surface area contributed by atoms with E-state index in [1.54, 1.807) is 30.3 Å². The number of H-pyrrole nitrogens is 1. The molecule has 0 aliphatic heterocycles. The highest BCUT2D eigenvalue weighted by Gasteiger charge is 2.28. The molecule has 210 valence electrons. The number of anilines is 2. The van der Waals surface area contributed by atoms with Crippen LogP contribution in [0.4, 0.5) is 11.6 Å². The number of amides is 1. The van der Waals surface area contributed by atoms with E-state index < -0.39 is 41.3 Å². The van der Waals surface area contributed by atoms with Crippen molar-refractivity contribution in [3.05, 3.63) is 88.0 Å². The fraction of sp³-hybridized carbons (Fsp3) is 0.185. The number of carbonyl (C=O) groups excluding carboxylic acids is 3. The molecule has 0 saturated heterocycles. The largest absolute Gasteiger partial charge is 0.480 e. The predicted molar refractivity (Wildman–Crippen MR) is 146 cm³/mol. The molecular weight excluding hydrogens is 534 g/mol. The number of nitrogen functional groups attached to an aromatic ring is 1. The smallest absolute Gasteiger partial charge is 0.345 e. The fourth-order valence-corrected chi connectivity index (χ4v) is 3.73. The highest BCUT2D eigenvalue weighted by Crippen LogP contribution is 2.14. The van der Waals surface area contributed by atoms with Crippen LogP contribution in [0.25, 0.3) is 11.2 Å². The van der Waals surface area contributed by atoms with Gasteiger partial charge in [-0.05, 0) is 42.8 Å². The molecule has 14 nitrogen and oxygen atoms in total. The molecule has 4 aromatic rings. The summed E-state index contributed by atoms with van der Waals surface area (Å²) in [6, 6.07) is 12.6. The Morgan fingerprint density at radius 3 is 2.41 bits per heavy atom. The monoisotopic (exact) mass is 559 g/mol. The van der Waals surface area contributed by atoms with Gasteiger partial charge < -0.3 is 26.2 Å². The molecular formula is C27H25N7O7. The van der Waals surface area contributed by atoms with Crippen LogP contribution in [-0.4, -0.2) is 54.9 Å². The van der Waals surface area contributed by atoms with E-state index in [9.17, 15) is 29.1 Å². The zero-order valence-electron chi connectivity index (χ0n) is 21.7. The van der Waals surface area contributed by atoms with Crippen molar-refractivity contribution in [3.63, 3.8) is 0 Å². The third kappa shape index (κ3) is 7.26. The molecule has 0 saturated carbocycles. The molecule has 41 heavy (non-hydrogen) atoms. The van der Waals surface area contributed by atoms with Crippen LogP contribution in [-0.2, 0) is 20.9 Å². The number of carboxylic acid groups (broad SMARTS) is 1. The average molecular weight is 560 g/mol. The number of hydrogen-bond donors (Lipinski definition) is 5. The Kier molecular flexibility index (Phi) is 8.62. The number of aromatic amines is 1. The van der Waals surface area contributed by atoms with Crippen molar-refractivity contribution in [3.8, 4) is 0 Å². The van der Waals surface area contributed by atoms with Crippen molar-refractivity contribution >= 4 is 46.6 Å². The van der Waals surface area contributed by atoms with Gasteiger partial charge in [0.25, 0.3) is 11.5 Å². The van der Waals surface area contributed by atoms with Crippen molar-refractivity contribution in [2.24, 2.45) is 5.92 Å². The Balaban J connectivity index is 1.32. The van der Waals surface area contributed by atoms with Crippen molar-refractivity contribution in [1.29, 1.82) is 0 Å². The van der Waals surface area contributed by atoms with Crippen LogP contribution in [0.1, 0.15) is 39.8 Å². The number of hydrogen-bond acceptors (Lipinski definition) is 11. The van der Waals surface area contributed by atoms with E-state index in [1.165, 1.54) is 37.4 Å². The molecule has 0 aliphatic carbocycles. The van der Waals surface area contributed by atoms with Gasteiger partial charge in [0.2, 0.25) is 5.95 Å². The van der Waals surface area contributed by atoms with Crippen LogP contribution in [0, 0.1) is 5.92 Å².